The molecule has 1 aromatic carbocycles. The average molecular weight is 234 g/mol. The zero-order chi connectivity index (χ0) is 12.3. The second-order valence-corrected chi connectivity index (χ2v) is 5.18. The summed E-state index contributed by atoms with van der Waals surface area (Å²) in [4.78, 5) is 2.19. The van der Waals surface area contributed by atoms with Gasteiger partial charge in [0, 0.05) is 12.2 Å². The van der Waals surface area contributed by atoms with E-state index in [1.54, 1.807) is 0 Å². The molecule has 1 fully saturated rings. The number of hydrogen-bond acceptors (Lipinski definition) is 3. The molecule has 1 saturated carbocycles. The normalized spacial score (nSPS) is 17.4. The van der Waals surface area contributed by atoms with Gasteiger partial charge < -0.3 is 15.7 Å². The Morgan fingerprint density at radius 3 is 2.41 bits per heavy atom. The second-order valence-electron chi connectivity index (χ2n) is 5.18. The molecule has 1 aromatic rings. The van der Waals surface area contributed by atoms with Crippen LogP contribution in [0.15, 0.2) is 24.3 Å². The fourth-order valence-corrected chi connectivity index (χ4v) is 2.36. The number of aliphatic hydroxyl groups excluding tert-OH is 1. The van der Waals surface area contributed by atoms with E-state index < -0.39 is 0 Å². The number of hydrogen-bond donors (Lipinski definition) is 2. The summed E-state index contributed by atoms with van der Waals surface area (Å²) in [6, 6.07) is 8.31. The molecule has 3 heteroatoms. The van der Waals surface area contributed by atoms with Crippen molar-refractivity contribution in [3.63, 3.8) is 0 Å². The van der Waals surface area contributed by atoms with Gasteiger partial charge in [0.05, 0.1) is 6.61 Å². The Morgan fingerprint density at radius 1 is 1.24 bits per heavy atom. The van der Waals surface area contributed by atoms with E-state index in [0.29, 0.717) is 5.41 Å². The van der Waals surface area contributed by atoms with Crippen LogP contribution in [0.5, 0.6) is 0 Å². The molecule has 0 unspecified atom stereocenters. The maximum absolute atomic E-state index is 8.87. The molecular weight excluding hydrogens is 212 g/mol. The molecule has 0 spiro atoms. The predicted octanol–water partition coefficient (Wildman–Crippen LogP) is 1.61. The van der Waals surface area contributed by atoms with Gasteiger partial charge in [0.1, 0.15) is 0 Å². The summed E-state index contributed by atoms with van der Waals surface area (Å²) in [5.41, 5.74) is 8.36. The maximum atomic E-state index is 8.87. The minimum Gasteiger partial charge on any atom is -0.399 e. The van der Waals surface area contributed by atoms with E-state index in [1.807, 2.05) is 12.1 Å². The molecule has 1 aliphatic carbocycles. The molecule has 0 amide bonds. The highest BCUT2D eigenvalue weighted by Crippen LogP contribution is 2.51. The van der Waals surface area contributed by atoms with Gasteiger partial charge in [-0.15, -0.1) is 0 Å². The number of aliphatic hydroxyl groups is 1. The third-order valence-electron chi connectivity index (χ3n) is 3.83. The third-order valence-corrected chi connectivity index (χ3v) is 3.83. The lowest BCUT2D eigenvalue weighted by atomic mass is 9.92. The minimum atomic E-state index is 0.241. The quantitative estimate of drug-likeness (QED) is 0.735. The molecule has 0 saturated heterocycles. The number of benzene rings is 1. The lowest BCUT2D eigenvalue weighted by molar-refractivity contribution is 0.216. The van der Waals surface area contributed by atoms with Crippen LogP contribution in [-0.4, -0.2) is 36.8 Å². The Labute approximate surface area is 103 Å². The van der Waals surface area contributed by atoms with Crippen molar-refractivity contribution in [2.24, 2.45) is 0 Å². The third kappa shape index (κ3) is 2.99. The van der Waals surface area contributed by atoms with Crippen molar-refractivity contribution in [2.45, 2.75) is 24.7 Å². The minimum absolute atomic E-state index is 0.241. The van der Waals surface area contributed by atoms with Gasteiger partial charge in [0.15, 0.2) is 0 Å². The van der Waals surface area contributed by atoms with E-state index in [1.165, 1.54) is 24.8 Å². The zero-order valence-corrected chi connectivity index (χ0v) is 10.5. The number of nitrogen functional groups attached to an aromatic ring is 1. The van der Waals surface area contributed by atoms with Crippen molar-refractivity contribution in [3.05, 3.63) is 29.8 Å². The molecule has 0 bridgehead atoms. The van der Waals surface area contributed by atoms with Crippen molar-refractivity contribution >= 4 is 5.69 Å². The van der Waals surface area contributed by atoms with Crippen LogP contribution in [-0.2, 0) is 5.41 Å². The van der Waals surface area contributed by atoms with E-state index in [0.717, 1.165) is 18.8 Å². The zero-order valence-electron chi connectivity index (χ0n) is 10.5. The molecule has 0 radical (unpaired) electrons. The van der Waals surface area contributed by atoms with Gasteiger partial charge in [-0.05, 0) is 56.0 Å². The summed E-state index contributed by atoms with van der Waals surface area (Å²) < 4.78 is 0. The highest BCUT2D eigenvalue weighted by molar-refractivity contribution is 5.43. The first-order chi connectivity index (χ1) is 8.16. The summed E-state index contributed by atoms with van der Waals surface area (Å²) in [6.07, 6.45) is 3.74. The molecule has 2 rings (SSSR count). The maximum Gasteiger partial charge on any atom is 0.0558 e. The topological polar surface area (TPSA) is 49.5 Å². The number of nitrogens with zero attached hydrogens (tertiary/aromatic N) is 1. The molecule has 0 heterocycles. The van der Waals surface area contributed by atoms with Crippen LogP contribution in [0.25, 0.3) is 0 Å². The van der Waals surface area contributed by atoms with Gasteiger partial charge >= 0.3 is 0 Å². The second kappa shape index (κ2) is 5.07. The van der Waals surface area contributed by atoms with E-state index in [4.69, 9.17) is 10.8 Å². The van der Waals surface area contributed by atoms with Gasteiger partial charge in [-0.3, -0.25) is 0 Å². The molecule has 1 aliphatic rings. The van der Waals surface area contributed by atoms with Crippen LogP contribution in [0.2, 0.25) is 0 Å². The molecule has 17 heavy (non-hydrogen) atoms. The monoisotopic (exact) mass is 234 g/mol. The number of rotatable bonds is 6. The van der Waals surface area contributed by atoms with Crippen molar-refractivity contribution in [1.29, 1.82) is 0 Å². The smallest absolute Gasteiger partial charge is 0.0558 e. The molecule has 94 valence electrons. The molecule has 0 atom stereocenters. The van der Waals surface area contributed by atoms with Gasteiger partial charge in [0.25, 0.3) is 0 Å². The standard InChI is InChI=1S/C14H22N2O/c1-16(10-11-17)9-8-14(6-7-14)12-2-4-13(15)5-3-12/h2-5,17H,6-11,15H2,1H3. The summed E-state index contributed by atoms with van der Waals surface area (Å²) >= 11 is 0. The molecule has 0 aliphatic heterocycles. The highest BCUT2D eigenvalue weighted by atomic mass is 16.3. The van der Waals surface area contributed by atoms with Gasteiger partial charge in [-0.25, -0.2) is 0 Å². The van der Waals surface area contributed by atoms with E-state index in [-0.39, 0.29) is 6.61 Å². The van der Waals surface area contributed by atoms with Gasteiger partial charge in [-0.1, -0.05) is 12.1 Å². The Hall–Kier alpha value is -1.06. The predicted molar refractivity (Wildman–Crippen MR) is 71.0 cm³/mol. The number of anilines is 1. The van der Waals surface area contributed by atoms with Crippen molar-refractivity contribution in [3.8, 4) is 0 Å². The molecular formula is C14H22N2O. The van der Waals surface area contributed by atoms with E-state index in [2.05, 4.69) is 24.1 Å². The molecule has 3 nitrogen and oxygen atoms in total. The van der Waals surface area contributed by atoms with Crippen molar-refractivity contribution in [2.75, 3.05) is 32.5 Å². The number of nitrogens with two attached hydrogens (primary N) is 1. The van der Waals surface area contributed by atoms with Crippen LogP contribution in [0.4, 0.5) is 5.69 Å². The summed E-state index contributed by atoms with van der Waals surface area (Å²) in [7, 11) is 2.06. The Bertz CT molecular complexity index is 357. The van der Waals surface area contributed by atoms with Crippen LogP contribution in [0, 0.1) is 0 Å². The summed E-state index contributed by atoms with van der Waals surface area (Å²) in [6.45, 7) is 2.05. The van der Waals surface area contributed by atoms with Crippen molar-refractivity contribution in [1.82, 2.24) is 4.90 Å². The lowest BCUT2D eigenvalue weighted by Crippen LogP contribution is -2.26. The fraction of sp³-hybridized carbons (Fsp3) is 0.571. The van der Waals surface area contributed by atoms with Crippen molar-refractivity contribution < 1.29 is 5.11 Å². The van der Waals surface area contributed by atoms with Gasteiger partial charge in [0.2, 0.25) is 0 Å². The SMILES string of the molecule is CN(CCO)CCC1(c2ccc(N)cc2)CC1. The largest absolute Gasteiger partial charge is 0.399 e. The summed E-state index contributed by atoms with van der Waals surface area (Å²) in [5, 5.41) is 8.87. The van der Waals surface area contributed by atoms with Crippen LogP contribution in [0.3, 0.4) is 0 Å². The first-order valence-corrected chi connectivity index (χ1v) is 6.32. The first-order valence-electron chi connectivity index (χ1n) is 6.32. The summed E-state index contributed by atoms with van der Waals surface area (Å²) in [5.74, 6) is 0. The van der Waals surface area contributed by atoms with Crippen LogP contribution >= 0.6 is 0 Å². The highest BCUT2D eigenvalue weighted by Gasteiger charge is 2.43. The molecule has 3 N–H and O–H groups in total. The van der Waals surface area contributed by atoms with E-state index >= 15 is 0 Å². The van der Waals surface area contributed by atoms with E-state index in [9.17, 15) is 0 Å². The van der Waals surface area contributed by atoms with Crippen LogP contribution < -0.4 is 5.73 Å². The first kappa shape index (κ1) is 12.4. The average Bonchev–Trinajstić information content (AvgIpc) is 3.09. The lowest BCUT2D eigenvalue weighted by Gasteiger charge is -2.21. The Balaban J connectivity index is 1.93. The van der Waals surface area contributed by atoms with Gasteiger partial charge in [-0.2, -0.15) is 0 Å². The van der Waals surface area contributed by atoms with Crippen LogP contribution in [0.1, 0.15) is 24.8 Å². The number of likely N-dealkylation sites (N-methyl/N-ethyl adjacent to an activating group) is 1. The Morgan fingerprint density at radius 2 is 1.88 bits per heavy atom. The molecule has 0 aromatic heterocycles. The Kier molecular flexibility index (Phi) is 3.69. The fourth-order valence-electron chi connectivity index (χ4n) is 2.36.